The smallest absolute Gasteiger partial charge is 0.278 e. The molecule has 0 radical (unpaired) electrons. The number of pyridine rings is 1. The van der Waals surface area contributed by atoms with Crippen LogP contribution < -0.4 is 21.5 Å². The molecule has 182 valence electrons. The van der Waals surface area contributed by atoms with E-state index < -0.39 is 0 Å². The van der Waals surface area contributed by atoms with Crippen molar-refractivity contribution >= 4 is 22.7 Å². The highest BCUT2D eigenvalue weighted by molar-refractivity contribution is 5.77. The second-order valence-electron chi connectivity index (χ2n) is 9.96. The number of aromatic nitrogens is 5. The number of nitrogens with one attached hydrogen (secondary N) is 3. The molecule has 35 heavy (non-hydrogen) atoms. The van der Waals surface area contributed by atoms with Gasteiger partial charge in [-0.3, -0.25) is 9.78 Å². The number of hydrogen-bond acceptors (Lipinski definition) is 7. The first kappa shape index (κ1) is 23.2. The number of likely N-dealkylation sites (N-methyl/N-ethyl adjacent to an activating group) is 1. The lowest BCUT2D eigenvalue weighted by molar-refractivity contribution is 0.523. The van der Waals surface area contributed by atoms with Crippen molar-refractivity contribution in [2.24, 2.45) is 0 Å². The van der Waals surface area contributed by atoms with E-state index in [4.69, 9.17) is 4.98 Å². The number of anilines is 2. The van der Waals surface area contributed by atoms with Gasteiger partial charge in [-0.05, 0) is 55.4 Å². The maximum Gasteiger partial charge on any atom is 0.278 e. The second-order valence-corrected chi connectivity index (χ2v) is 9.96. The second kappa shape index (κ2) is 9.24. The predicted molar refractivity (Wildman–Crippen MR) is 139 cm³/mol. The van der Waals surface area contributed by atoms with Crippen LogP contribution in [-0.2, 0) is 24.9 Å². The minimum Gasteiger partial charge on any atom is -0.324 e. The van der Waals surface area contributed by atoms with E-state index >= 15 is 0 Å². The Balaban J connectivity index is 1.61. The van der Waals surface area contributed by atoms with Crippen molar-refractivity contribution in [3.8, 4) is 5.69 Å². The lowest BCUT2D eigenvalue weighted by Gasteiger charge is -2.19. The molecule has 1 aromatic carbocycles. The minimum absolute atomic E-state index is 0.115. The van der Waals surface area contributed by atoms with Crippen molar-refractivity contribution in [2.45, 2.75) is 45.7 Å². The maximum absolute atomic E-state index is 13.3. The van der Waals surface area contributed by atoms with Crippen molar-refractivity contribution in [3.63, 3.8) is 0 Å². The number of nitrogens with zero attached hydrogens (tertiary/aromatic N) is 5. The Kier molecular flexibility index (Phi) is 6.12. The van der Waals surface area contributed by atoms with Crippen LogP contribution in [0.1, 0.15) is 37.6 Å². The molecule has 5 rings (SSSR count). The third-order valence-electron chi connectivity index (χ3n) is 6.35. The fourth-order valence-electron chi connectivity index (χ4n) is 4.42. The third kappa shape index (κ3) is 4.56. The summed E-state index contributed by atoms with van der Waals surface area (Å²) in [7, 11) is 1.87. The third-order valence-corrected chi connectivity index (χ3v) is 6.35. The van der Waals surface area contributed by atoms with Gasteiger partial charge in [0, 0.05) is 42.3 Å². The monoisotopic (exact) mass is 472 g/mol. The number of fused-ring (bicyclic) bond motifs is 2. The molecule has 0 unspecified atom stereocenters. The first-order chi connectivity index (χ1) is 16.8. The van der Waals surface area contributed by atoms with Crippen molar-refractivity contribution < 1.29 is 0 Å². The molecule has 0 saturated heterocycles. The van der Waals surface area contributed by atoms with Gasteiger partial charge in [0.1, 0.15) is 5.39 Å². The van der Waals surface area contributed by atoms with Crippen LogP contribution in [0.25, 0.3) is 16.7 Å². The van der Waals surface area contributed by atoms with E-state index in [1.165, 1.54) is 11.1 Å². The SMILES string of the molecule is CNCCn1c(=O)c2cnc(Nc3ccc4c(c3)CNCC4)nc2n1-c1ccnc(C(C)(C)C)c1. The van der Waals surface area contributed by atoms with Gasteiger partial charge in [0.2, 0.25) is 5.95 Å². The fraction of sp³-hybridized carbons (Fsp3) is 0.385. The molecule has 9 nitrogen and oxygen atoms in total. The Bertz CT molecular complexity index is 1430. The molecular weight excluding hydrogens is 440 g/mol. The maximum atomic E-state index is 13.3. The zero-order chi connectivity index (χ0) is 24.6. The van der Waals surface area contributed by atoms with Crippen LogP contribution in [0.5, 0.6) is 0 Å². The summed E-state index contributed by atoms with van der Waals surface area (Å²) in [6.07, 6.45) is 4.44. The highest BCUT2D eigenvalue weighted by Gasteiger charge is 2.21. The van der Waals surface area contributed by atoms with Crippen LogP contribution in [0, 0.1) is 0 Å². The topological polar surface area (TPSA) is 102 Å². The summed E-state index contributed by atoms with van der Waals surface area (Å²) in [6.45, 7) is 9.39. The van der Waals surface area contributed by atoms with Crippen LogP contribution in [0.3, 0.4) is 0 Å². The van der Waals surface area contributed by atoms with Crippen LogP contribution >= 0.6 is 0 Å². The summed E-state index contributed by atoms with van der Waals surface area (Å²) in [5.41, 5.74) is 5.69. The summed E-state index contributed by atoms with van der Waals surface area (Å²) in [5.74, 6) is 0.450. The first-order valence-corrected chi connectivity index (χ1v) is 12.0. The molecule has 4 heterocycles. The zero-order valence-corrected chi connectivity index (χ0v) is 20.7. The standard InChI is InChI=1S/C26H32N8O/c1-26(2,3)22-14-20(8-10-29-22)34-23-21(24(35)33(34)12-11-27-4)16-30-25(32-23)31-19-6-5-17-7-9-28-15-18(17)13-19/h5-6,8,10,13-14,16,27-28H,7,9,11-12,15H2,1-4H3,(H,30,31,32). The molecular formula is C26H32N8O. The summed E-state index contributed by atoms with van der Waals surface area (Å²) in [4.78, 5) is 27.2. The Morgan fingerprint density at radius 1 is 1.11 bits per heavy atom. The average molecular weight is 473 g/mol. The van der Waals surface area contributed by atoms with Crippen molar-refractivity contribution in [2.75, 3.05) is 25.5 Å². The molecule has 0 amide bonds. The Morgan fingerprint density at radius 2 is 1.97 bits per heavy atom. The van der Waals surface area contributed by atoms with E-state index in [0.29, 0.717) is 30.1 Å². The molecule has 1 aliphatic heterocycles. The molecule has 0 aliphatic carbocycles. The van der Waals surface area contributed by atoms with Gasteiger partial charge < -0.3 is 16.0 Å². The Hall–Kier alpha value is -3.56. The number of rotatable bonds is 6. The predicted octanol–water partition coefficient (Wildman–Crippen LogP) is 2.88. The molecule has 0 spiro atoms. The summed E-state index contributed by atoms with van der Waals surface area (Å²) in [5, 5.41) is 10.4. The zero-order valence-electron chi connectivity index (χ0n) is 20.7. The van der Waals surface area contributed by atoms with Crippen LogP contribution in [-0.4, -0.2) is 44.5 Å². The van der Waals surface area contributed by atoms with Gasteiger partial charge in [0.15, 0.2) is 5.65 Å². The molecule has 4 aromatic rings. The Morgan fingerprint density at radius 3 is 2.77 bits per heavy atom. The van der Waals surface area contributed by atoms with E-state index in [-0.39, 0.29) is 11.0 Å². The molecule has 0 fully saturated rings. The molecule has 1 aliphatic rings. The fourth-order valence-corrected chi connectivity index (χ4v) is 4.42. The van der Waals surface area contributed by atoms with Gasteiger partial charge in [-0.25, -0.2) is 14.3 Å². The quantitative estimate of drug-likeness (QED) is 0.397. The molecule has 0 saturated carbocycles. The normalized spacial score (nSPS) is 13.7. The summed E-state index contributed by atoms with van der Waals surface area (Å²) < 4.78 is 3.60. The van der Waals surface area contributed by atoms with E-state index in [1.807, 2.05) is 23.9 Å². The Labute approximate surface area is 204 Å². The summed E-state index contributed by atoms with van der Waals surface area (Å²) >= 11 is 0. The van der Waals surface area contributed by atoms with Gasteiger partial charge in [-0.1, -0.05) is 26.8 Å². The van der Waals surface area contributed by atoms with Crippen molar-refractivity contribution in [1.29, 1.82) is 0 Å². The lowest BCUT2D eigenvalue weighted by atomic mass is 9.91. The number of hydrogen-bond donors (Lipinski definition) is 3. The van der Waals surface area contributed by atoms with E-state index in [2.05, 4.69) is 64.9 Å². The largest absolute Gasteiger partial charge is 0.324 e. The van der Waals surface area contributed by atoms with Crippen LogP contribution in [0.15, 0.2) is 47.5 Å². The van der Waals surface area contributed by atoms with Crippen LogP contribution in [0.2, 0.25) is 0 Å². The van der Waals surface area contributed by atoms with Gasteiger partial charge in [0.25, 0.3) is 5.56 Å². The van der Waals surface area contributed by atoms with E-state index in [1.54, 1.807) is 17.1 Å². The van der Waals surface area contributed by atoms with Crippen LogP contribution in [0.4, 0.5) is 11.6 Å². The lowest BCUT2D eigenvalue weighted by Crippen LogP contribution is -2.27. The highest BCUT2D eigenvalue weighted by atomic mass is 16.1. The van der Waals surface area contributed by atoms with E-state index in [9.17, 15) is 4.79 Å². The average Bonchev–Trinajstić information content (AvgIpc) is 3.13. The van der Waals surface area contributed by atoms with Gasteiger partial charge >= 0.3 is 0 Å². The van der Waals surface area contributed by atoms with Crippen molar-refractivity contribution in [1.82, 2.24) is 34.9 Å². The minimum atomic E-state index is -0.127. The molecule has 0 atom stereocenters. The molecule has 3 N–H and O–H groups in total. The highest BCUT2D eigenvalue weighted by Crippen LogP contribution is 2.25. The van der Waals surface area contributed by atoms with Gasteiger partial charge in [0.05, 0.1) is 12.2 Å². The molecule has 0 bridgehead atoms. The number of benzene rings is 1. The molecule has 9 heteroatoms. The summed E-state index contributed by atoms with van der Waals surface area (Å²) in [6, 6.07) is 10.3. The molecule has 3 aromatic heterocycles. The van der Waals surface area contributed by atoms with Crippen molar-refractivity contribution in [3.05, 3.63) is 69.9 Å². The van der Waals surface area contributed by atoms with E-state index in [0.717, 1.165) is 36.6 Å². The van der Waals surface area contributed by atoms with Gasteiger partial charge in [-0.15, -0.1) is 0 Å². The van der Waals surface area contributed by atoms with Gasteiger partial charge in [-0.2, -0.15) is 4.98 Å². The first-order valence-electron chi connectivity index (χ1n) is 12.0.